The van der Waals surface area contributed by atoms with E-state index in [0.29, 0.717) is 18.0 Å². The van der Waals surface area contributed by atoms with E-state index in [9.17, 15) is 5.11 Å². The Balaban J connectivity index is 1.74. The highest BCUT2D eigenvalue weighted by molar-refractivity contribution is 5.74. The maximum Gasteiger partial charge on any atom is 0.244 e. The maximum absolute atomic E-state index is 10.4. The van der Waals surface area contributed by atoms with Crippen molar-refractivity contribution in [2.24, 2.45) is 7.05 Å². The number of benzene rings is 2. The number of ether oxygens (including phenoxy) is 2. The first-order chi connectivity index (χ1) is 12.0. The fourth-order valence-corrected chi connectivity index (χ4v) is 2.98. The smallest absolute Gasteiger partial charge is 0.244 e. The molecule has 0 spiro atoms. The summed E-state index contributed by atoms with van der Waals surface area (Å²) in [6.45, 7) is 4.89. The van der Waals surface area contributed by atoms with Crippen molar-refractivity contribution in [2.75, 3.05) is 13.7 Å². The van der Waals surface area contributed by atoms with Crippen LogP contribution in [0, 0.1) is 13.8 Å². The molecule has 1 heterocycles. The van der Waals surface area contributed by atoms with E-state index in [1.54, 1.807) is 7.11 Å². The van der Waals surface area contributed by atoms with Gasteiger partial charge in [0.25, 0.3) is 0 Å². The van der Waals surface area contributed by atoms with E-state index in [0.717, 1.165) is 11.0 Å². The van der Waals surface area contributed by atoms with Crippen molar-refractivity contribution in [2.45, 2.75) is 26.5 Å². The SMILES string of the molecule is COc1ccccc1OC[C@H](O)Cn1c[n+](C)c2cc(C)c(C)cc21. The number of imidazole rings is 1. The average molecular weight is 341 g/mol. The van der Waals surface area contributed by atoms with Crippen molar-refractivity contribution in [1.29, 1.82) is 0 Å². The number of aliphatic hydroxyl groups is 1. The Morgan fingerprint density at radius 3 is 2.52 bits per heavy atom. The van der Waals surface area contributed by atoms with E-state index in [4.69, 9.17) is 9.47 Å². The monoisotopic (exact) mass is 341 g/mol. The summed E-state index contributed by atoms with van der Waals surface area (Å²) >= 11 is 0. The Bertz CT molecular complexity index is 886. The number of para-hydroxylation sites is 2. The van der Waals surface area contributed by atoms with Gasteiger partial charge in [0.05, 0.1) is 14.2 Å². The fraction of sp³-hybridized carbons (Fsp3) is 0.350. The molecule has 0 saturated carbocycles. The van der Waals surface area contributed by atoms with Gasteiger partial charge in [-0.15, -0.1) is 0 Å². The van der Waals surface area contributed by atoms with Crippen LogP contribution in [0.2, 0.25) is 0 Å². The molecule has 5 nitrogen and oxygen atoms in total. The second-order valence-corrected chi connectivity index (χ2v) is 6.42. The largest absolute Gasteiger partial charge is 0.493 e. The Morgan fingerprint density at radius 1 is 1.12 bits per heavy atom. The molecule has 0 fully saturated rings. The van der Waals surface area contributed by atoms with Gasteiger partial charge in [0.15, 0.2) is 22.5 Å². The lowest BCUT2D eigenvalue weighted by atomic mass is 10.1. The lowest BCUT2D eigenvalue weighted by Crippen LogP contribution is -2.27. The Hall–Kier alpha value is -2.53. The first-order valence-corrected chi connectivity index (χ1v) is 8.39. The minimum Gasteiger partial charge on any atom is -0.493 e. The third kappa shape index (κ3) is 3.61. The fourth-order valence-electron chi connectivity index (χ4n) is 2.98. The Kier molecular flexibility index (Phi) is 4.95. The Morgan fingerprint density at radius 2 is 1.80 bits per heavy atom. The topological polar surface area (TPSA) is 47.5 Å². The van der Waals surface area contributed by atoms with Crippen LogP contribution in [0.25, 0.3) is 11.0 Å². The van der Waals surface area contributed by atoms with Gasteiger partial charge >= 0.3 is 0 Å². The normalized spacial score (nSPS) is 12.4. The second-order valence-electron chi connectivity index (χ2n) is 6.42. The van der Waals surface area contributed by atoms with Crippen LogP contribution in [-0.2, 0) is 13.6 Å². The van der Waals surface area contributed by atoms with E-state index in [1.807, 2.05) is 37.6 Å². The standard InChI is InChI=1S/C20H25N2O3/c1-14-9-17-18(10-15(14)2)22(13-21(17)3)11-16(23)12-25-20-8-6-5-7-19(20)24-4/h5-10,13,16,23H,11-12H2,1-4H3/q+1/t16-/m1/s1. The molecule has 25 heavy (non-hydrogen) atoms. The molecule has 0 radical (unpaired) electrons. The molecule has 0 aliphatic carbocycles. The number of rotatable bonds is 6. The maximum atomic E-state index is 10.4. The van der Waals surface area contributed by atoms with E-state index in [2.05, 4.69) is 35.1 Å². The van der Waals surface area contributed by atoms with E-state index >= 15 is 0 Å². The van der Waals surface area contributed by atoms with Crippen LogP contribution in [0.4, 0.5) is 0 Å². The number of nitrogens with zero attached hydrogens (tertiary/aromatic N) is 2. The predicted octanol–water partition coefficient (Wildman–Crippen LogP) is 2.53. The third-order valence-electron chi connectivity index (χ3n) is 4.50. The number of methoxy groups -OCH3 is 1. The van der Waals surface area contributed by atoms with Crippen molar-refractivity contribution in [3.05, 3.63) is 53.9 Å². The lowest BCUT2D eigenvalue weighted by Gasteiger charge is -2.13. The lowest BCUT2D eigenvalue weighted by molar-refractivity contribution is -0.645. The number of aromatic nitrogens is 2. The molecule has 0 saturated heterocycles. The van der Waals surface area contributed by atoms with E-state index < -0.39 is 6.10 Å². The summed E-state index contributed by atoms with van der Waals surface area (Å²) in [6.07, 6.45) is 1.39. The zero-order valence-electron chi connectivity index (χ0n) is 15.2. The number of fused-ring (bicyclic) bond motifs is 1. The van der Waals surface area contributed by atoms with Gasteiger partial charge in [-0.3, -0.25) is 0 Å². The molecule has 0 aliphatic rings. The minimum atomic E-state index is -0.623. The molecule has 1 atom stereocenters. The predicted molar refractivity (Wildman–Crippen MR) is 97.1 cm³/mol. The molecule has 5 heteroatoms. The Labute approximate surface area is 148 Å². The van der Waals surface area contributed by atoms with Gasteiger partial charge in [0.2, 0.25) is 6.33 Å². The zero-order chi connectivity index (χ0) is 18.0. The van der Waals surface area contributed by atoms with Crippen LogP contribution < -0.4 is 14.0 Å². The number of hydrogen-bond acceptors (Lipinski definition) is 3. The second kappa shape index (κ2) is 7.15. The summed E-state index contributed by atoms with van der Waals surface area (Å²) in [5, 5.41) is 10.4. The summed E-state index contributed by atoms with van der Waals surface area (Å²) in [6, 6.07) is 11.8. The van der Waals surface area contributed by atoms with Crippen LogP contribution in [0.1, 0.15) is 11.1 Å². The highest BCUT2D eigenvalue weighted by Crippen LogP contribution is 2.26. The molecule has 1 aromatic heterocycles. The van der Waals surface area contributed by atoms with Crippen LogP contribution in [0.15, 0.2) is 42.7 Å². The van der Waals surface area contributed by atoms with Gasteiger partial charge in [-0.25, -0.2) is 9.13 Å². The highest BCUT2D eigenvalue weighted by atomic mass is 16.5. The molecule has 0 unspecified atom stereocenters. The summed E-state index contributed by atoms with van der Waals surface area (Å²) in [5.74, 6) is 1.30. The van der Waals surface area contributed by atoms with Crippen molar-refractivity contribution in [1.82, 2.24) is 4.57 Å². The summed E-state index contributed by atoms with van der Waals surface area (Å²) in [4.78, 5) is 0. The van der Waals surface area contributed by atoms with Gasteiger partial charge in [0, 0.05) is 0 Å². The van der Waals surface area contributed by atoms with Gasteiger partial charge < -0.3 is 14.6 Å². The number of aryl methyl sites for hydroxylation is 3. The highest BCUT2D eigenvalue weighted by Gasteiger charge is 2.18. The first kappa shape index (κ1) is 17.3. The summed E-state index contributed by atoms with van der Waals surface area (Å²) in [5.41, 5.74) is 4.77. The molecule has 0 amide bonds. The summed E-state index contributed by atoms with van der Waals surface area (Å²) in [7, 11) is 3.63. The van der Waals surface area contributed by atoms with Crippen molar-refractivity contribution in [3.8, 4) is 11.5 Å². The molecule has 0 aliphatic heterocycles. The quantitative estimate of drug-likeness (QED) is 0.701. The van der Waals surface area contributed by atoms with Crippen molar-refractivity contribution >= 4 is 11.0 Å². The zero-order valence-corrected chi connectivity index (χ0v) is 15.2. The van der Waals surface area contributed by atoms with Gasteiger partial charge in [-0.1, -0.05) is 12.1 Å². The van der Waals surface area contributed by atoms with Crippen molar-refractivity contribution in [3.63, 3.8) is 0 Å². The van der Waals surface area contributed by atoms with Gasteiger partial charge in [-0.05, 0) is 49.2 Å². The molecule has 3 rings (SSSR count). The average Bonchev–Trinajstić information content (AvgIpc) is 2.89. The van der Waals surface area contributed by atoms with E-state index in [1.165, 1.54) is 11.1 Å². The van der Waals surface area contributed by atoms with Crippen LogP contribution >= 0.6 is 0 Å². The van der Waals surface area contributed by atoms with Crippen LogP contribution in [-0.4, -0.2) is 29.5 Å². The van der Waals surface area contributed by atoms with E-state index in [-0.39, 0.29) is 6.61 Å². The number of aliphatic hydroxyl groups excluding tert-OH is 1. The number of hydrogen-bond donors (Lipinski definition) is 1. The van der Waals surface area contributed by atoms with Gasteiger partial charge in [-0.2, -0.15) is 0 Å². The van der Waals surface area contributed by atoms with Crippen molar-refractivity contribution < 1.29 is 19.1 Å². The molecular formula is C20H25N2O3+. The molecular weight excluding hydrogens is 316 g/mol. The molecule has 0 bridgehead atoms. The summed E-state index contributed by atoms with van der Waals surface area (Å²) < 4.78 is 15.1. The molecule has 132 valence electrons. The third-order valence-corrected chi connectivity index (χ3v) is 4.50. The van der Waals surface area contributed by atoms with Crippen LogP contribution in [0.3, 0.4) is 0 Å². The molecule has 3 aromatic rings. The molecule has 2 aromatic carbocycles. The molecule has 1 N–H and O–H groups in total. The minimum absolute atomic E-state index is 0.203. The first-order valence-electron chi connectivity index (χ1n) is 8.39. The van der Waals surface area contributed by atoms with Gasteiger partial charge in [0.1, 0.15) is 19.3 Å². The van der Waals surface area contributed by atoms with Crippen LogP contribution in [0.5, 0.6) is 11.5 Å².